The number of hydrogen-bond donors (Lipinski definition) is 1. The van der Waals surface area contributed by atoms with Crippen LogP contribution >= 0.6 is 7.52 Å². The molecule has 8 heteroatoms. The molecule has 0 amide bonds. The first kappa shape index (κ1) is 21.1. The van der Waals surface area contributed by atoms with Crippen molar-refractivity contribution in [1.29, 1.82) is 0 Å². The summed E-state index contributed by atoms with van der Waals surface area (Å²) < 4.78 is 27.6. The average molecular weight is 337 g/mol. The van der Waals surface area contributed by atoms with Gasteiger partial charge in [0.2, 0.25) is 0 Å². The van der Waals surface area contributed by atoms with Gasteiger partial charge in [0.25, 0.3) is 7.52 Å². The van der Waals surface area contributed by atoms with Crippen molar-refractivity contribution >= 4 is 19.5 Å². The second-order valence-corrected chi connectivity index (χ2v) is 7.63. The second-order valence-electron chi connectivity index (χ2n) is 5.13. The largest absolute Gasteiger partial charge is 0.465 e. The third kappa shape index (κ3) is 8.51. The molecule has 0 aromatic carbocycles. The zero-order valence-corrected chi connectivity index (χ0v) is 15.0. The molecule has 0 aliphatic rings. The summed E-state index contributed by atoms with van der Waals surface area (Å²) in [7, 11) is -3.32. The van der Waals surface area contributed by atoms with Crippen LogP contribution in [0, 0.1) is 5.92 Å². The van der Waals surface area contributed by atoms with E-state index in [1.165, 1.54) is 0 Å². The van der Waals surface area contributed by atoms with Gasteiger partial charge >= 0.3 is 11.9 Å². The van der Waals surface area contributed by atoms with Crippen LogP contribution in [0.2, 0.25) is 0 Å². The molecule has 0 heterocycles. The Kier molecular flexibility index (Phi) is 10.3. The molecule has 0 radical (unpaired) electrons. The first-order valence-corrected chi connectivity index (χ1v) is 9.42. The SMILES string of the molecule is CCOC(=O)COP(=O)(CC)N[C@@H](CC(C)C)C(=O)OCC. The molecule has 0 spiro atoms. The minimum Gasteiger partial charge on any atom is -0.465 e. The van der Waals surface area contributed by atoms with Crippen LogP contribution < -0.4 is 5.09 Å². The fraction of sp³-hybridized carbons (Fsp3) is 0.857. The minimum atomic E-state index is -3.32. The molecule has 1 unspecified atom stereocenters. The molecule has 0 aliphatic carbocycles. The molecular formula is C14H28NO6P. The summed E-state index contributed by atoms with van der Waals surface area (Å²) >= 11 is 0. The van der Waals surface area contributed by atoms with Crippen LogP contribution in [0.1, 0.15) is 41.0 Å². The predicted molar refractivity (Wildman–Crippen MR) is 83.7 cm³/mol. The van der Waals surface area contributed by atoms with E-state index in [1.54, 1.807) is 20.8 Å². The normalized spacial score (nSPS) is 15.2. The molecule has 2 atom stereocenters. The third-order valence-corrected chi connectivity index (χ3v) is 4.83. The highest BCUT2D eigenvalue weighted by atomic mass is 31.2. The van der Waals surface area contributed by atoms with Crippen molar-refractivity contribution in [3.63, 3.8) is 0 Å². The van der Waals surface area contributed by atoms with Crippen molar-refractivity contribution in [1.82, 2.24) is 5.09 Å². The predicted octanol–water partition coefficient (Wildman–Crippen LogP) is 2.35. The molecule has 0 aromatic rings. The van der Waals surface area contributed by atoms with Crippen LogP contribution in [0.25, 0.3) is 0 Å². The fourth-order valence-electron chi connectivity index (χ4n) is 1.73. The fourth-order valence-corrected chi connectivity index (χ4v) is 3.17. The van der Waals surface area contributed by atoms with Crippen molar-refractivity contribution in [2.75, 3.05) is 26.0 Å². The molecule has 0 bridgehead atoms. The van der Waals surface area contributed by atoms with Gasteiger partial charge in [-0.1, -0.05) is 20.8 Å². The summed E-state index contributed by atoms with van der Waals surface area (Å²) in [5, 5.41) is 2.74. The Hall–Kier alpha value is -0.910. The Morgan fingerprint density at radius 3 is 2.14 bits per heavy atom. The molecular weight excluding hydrogens is 309 g/mol. The van der Waals surface area contributed by atoms with Crippen LogP contribution in [0.5, 0.6) is 0 Å². The van der Waals surface area contributed by atoms with Gasteiger partial charge in [0.05, 0.1) is 13.2 Å². The molecule has 0 aliphatic heterocycles. The van der Waals surface area contributed by atoms with Crippen LogP contribution in [-0.4, -0.2) is 44.0 Å². The van der Waals surface area contributed by atoms with E-state index >= 15 is 0 Å². The number of nitrogens with one attached hydrogen (secondary N) is 1. The van der Waals surface area contributed by atoms with Gasteiger partial charge < -0.3 is 14.0 Å². The van der Waals surface area contributed by atoms with E-state index in [4.69, 9.17) is 14.0 Å². The summed E-state index contributed by atoms with van der Waals surface area (Å²) in [4.78, 5) is 23.3. The molecule has 0 fully saturated rings. The van der Waals surface area contributed by atoms with Crippen molar-refractivity contribution in [3.05, 3.63) is 0 Å². The Labute approximate surface area is 132 Å². The van der Waals surface area contributed by atoms with Gasteiger partial charge in [0, 0.05) is 6.16 Å². The van der Waals surface area contributed by atoms with Gasteiger partial charge in [0.1, 0.15) is 6.04 Å². The zero-order chi connectivity index (χ0) is 17.2. The molecule has 1 N–H and O–H groups in total. The lowest BCUT2D eigenvalue weighted by molar-refractivity contribution is -0.145. The summed E-state index contributed by atoms with van der Waals surface area (Å²) in [6, 6.07) is -0.729. The van der Waals surface area contributed by atoms with Crippen molar-refractivity contribution < 1.29 is 28.2 Å². The summed E-state index contributed by atoms with van der Waals surface area (Å²) in [6.45, 7) is 9.00. The highest BCUT2D eigenvalue weighted by Crippen LogP contribution is 2.42. The second kappa shape index (κ2) is 10.8. The number of ether oxygens (including phenoxy) is 2. The van der Waals surface area contributed by atoms with Crippen LogP contribution in [0.3, 0.4) is 0 Å². The highest BCUT2D eigenvalue weighted by Gasteiger charge is 2.31. The van der Waals surface area contributed by atoms with Crippen LogP contribution in [0.15, 0.2) is 0 Å². The van der Waals surface area contributed by atoms with E-state index in [0.29, 0.717) is 6.42 Å². The Balaban J connectivity index is 4.82. The van der Waals surface area contributed by atoms with E-state index in [0.717, 1.165) is 0 Å². The monoisotopic (exact) mass is 337 g/mol. The smallest absolute Gasteiger partial charge is 0.332 e. The van der Waals surface area contributed by atoms with E-state index in [1.807, 2.05) is 13.8 Å². The zero-order valence-electron chi connectivity index (χ0n) is 14.1. The summed E-state index contributed by atoms with van der Waals surface area (Å²) in [5.41, 5.74) is 0. The molecule has 0 saturated heterocycles. The first-order chi connectivity index (χ1) is 10.3. The van der Waals surface area contributed by atoms with Crippen LogP contribution in [-0.2, 0) is 28.2 Å². The Morgan fingerprint density at radius 2 is 1.68 bits per heavy atom. The summed E-state index contributed by atoms with van der Waals surface area (Å²) in [6.07, 6.45) is 0.617. The third-order valence-electron chi connectivity index (χ3n) is 2.74. The maximum absolute atomic E-state index is 12.6. The van der Waals surface area contributed by atoms with Gasteiger partial charge in [-0.3, -0.25) is 9.36 Å². The molecule has 130 valence electrons. The van der Waals surface area contributed by atoms with Crippen LogP contribution in [0.4, 0.5) is 0 Å². The topological polar surface area (TPSA) is 90.9 Å². The molecule has 7 nitrogen and oxygen atoms in total. The van der Waals surface area contributed by atoms with E-state index in [2.05, 4.69) is 5.09 Å². The lowest BCUT2D eigenvalue weighted by Gasteiger charge is -2.24. The quantitative estimate of drug-likeness (QED) is 0.457. The van der Waals surface area contributed by atoms with Gasteiger partial charge in [-0.05, 0) is 26.2 Å². The molecule has 0 rings (SSSR count). The number of rotatable bonds is 11. The average Bonchev–Trinajstić information content (AvgIpc) is 2.44. The standard InChI is InChI=1S/C14H28NO6P/c1-6-19-13(16)10-21-22(18,8-3)15-12(9-11(4)5)14(17)20-7-2/h11-12H,6-10H2,1-5H3,(H,15,18)/t12-,22?/m0/s1. The van der Waals surface area contributed by atoms with Gasteiger partial charge in [-0.15, -0.1) is 0 Å². The lowest BCUT2D eigenvalue weighted by Crippen LogP contribution is -2.38. The van der Waals surface area contributed by atoms with Gasteiger partial charge in [-0.2, -0.15) is 0 Å². The van der Waals surface area contributed by atoms with E-state index in [-0.39, 0.29) is 25.3 Å². The summed E-state index contributed by atoms with van der Waals surface area (Å²) in [5.74, 6) is -0.851. The maximum atomic E-state index is 12.6. The molecule has 0 saturated carbocycles. The molecule has 0 aromatic heterocycles. The molecule has 22 heavy (non-hydrogen) atoms. The van der Waals surface area contributed by atoms with Gasteiger partial charge in [0.15, 0.2) is 6.61 Å². The number of carbonyl (C=O) groups is 2. The Bertz CT molecular complexity index is 399. The van der Waals surface area contributed by atoms with Crippen molar-refractivity contribution in [3.8, 4) is 0 Å². The number of esters is 2. The van der Waals surface area contributed by atoms with Gasteiger partial charge in [-0.25, -0.2) is 9.88 Å². The maximum Gasteiger partial charge on any atom is 0.332 e. The minimum absolute atomic E-state index is 0.153. The van der Waals surface area contributed by atoms with E-state index in [9.17, 15) is 14.2 Å². The Morgan fingerprint density at radius 1 is 1.09 bits per heavy atom. The lowest BCUT2D eigenvalue weighted by atomic mass is 10.1. The first-order valence-electron chi connectivity index (χ1n) is 7.61. The number of hydrogen-bond acceptors (Lipinski definition) is 6. The number of carbonyl (C=O) groups excluding carboxylic acids is 2. The highest BCUT2D eigenvalue weighted by molar-refractivity contribution is 7.56. The van der Waals surface area contributed by atoms with Crippen molar-refractivity contribution in [2.45, 2.75) is 47.1 Å². The van der Waals surface area contributed by atoms with E-state index < -0.39 is 32.1 Å². The van der Waals surface area contributed by atoms with Crippen molar-refractivity contribution in [2.24, 2.45) is 5.92 Å².